The van der Waals surface area contributed by atoms with E-state index in [0.29, 0.717) is 22.9 Å². The first-order chi connectivity index (χ1) is 10.0. The van der Waals surface area contributed by atoms with Gasteiger partial charge in [0.1, 0.15) is 17.1 Å². The van der Waals surface area contributed by atoms with Gasteiger partial charge in [-0.3, -0.25) is 0 Å². The van der Waals surface area contributed by atoms with Crippen LogP contribution < -0.4 is 15.8 Å². The zero-order valence-electron chi connectivity index (χ0n) is 11.5. The van der Waals surface area contributed by atoms with E-state index >= 15 is 0 Å². The highest BCUT2D eigenvalue weighted by molar-refractivity contribution is 9.10. The molecule has 3 N–H and O–H groups in total. The molecule has 6 nitrogen and oxygen atoms in total. The second-order valence-electron chi connectivity index (χ2n) is 4.16. The van der Waals surface area contributed by atoms with E-state index in [2.05, 4.69) is 26.2 Å². The number of carbonyl (C=O) groups is 1. The fourth-order valence-corrected chi connectivity index (χ4v) is 2.21. The number of halogens is 1. The van der Waals surface area contributed by atoms with Crippen LogP contribution >= 0.6 is 15.9 Å². The summed E-state index contributed by atoms with van der Waals surface area (Å²) < 4.78 is 10.8. The second-order valence-corrected chi connectivity index (χ2v) is 5.08. The van der Waals surface area contributed by atoms with Crippen LogP contribution in [0.3, 0.4) is 0 Å². The predicted octanol–water partition coefficient (Wildman–Crippen LogP) is 2.97. The Morgan fingerprint density at radius 1 is 1.29 bits per heavy atom. The fraction of sp³-hybridized carbons (Fsp3) is 0.143. The average Bonchev–Trinajstić information content (AvgIpc) is 2.47. The first-order valence-electron chi connectivity index (χ1n) is 5.99. The van der Waals surface area contributed by atoms with E-state index in [1.165, 1.54) is 19.4 Å². The quantitative estimate of drug-likeness (QED) is 0.823. The van der Waals surface area contributed by atoms with E-state index in [0.717, 1.165) is 4.47 Å². The lowest BCUT2D eigenvalue weighted by Gasteiger charge is -2.12. The third-order valence-corrected chi connectivity index (χ3v) is 3.14. The summed E-state index contributed by atoms with van der Waals surface area (Å²) in [6, 6.07) is 6.95. The maximum atomic E-state index is 11.8. The van der Waals surface area contributed by atoms with E-state index in [1.807, 2.05) is 12.1 Å². The van der Waals surface area contributed by atoms with Gasteiger partial charge in [-0.1, -0.05) is 15.9 Å². The summed E-state index contributed by atoms with van der Waals surface area (Å²) in [7, 11) is 2.88. The van der Waals surface area contributed by atoms with Gasteiger partial charge in [0.2, 0.25) is 0 Å². The summed E-state index contributed by atoms with van der Waals surface area (Å²) in [4.78, 5) is 15.9. The van der Waals surface area contributed by atoms with Crippen LogP contribution in [0.4, 0.5) is 17.2 Å². The van der Waals surface area contributed by atoms with Crippen molar-refractivity contribution in [1.82, 2.24) is 4.98 Å². The summed E-state index contributed by atoms with van der Waals surface area (Å²) in [5.41, 5.74) is 7.01. The van der Waals surface area contributed by atoms with Crippen molar-refractivity contribution in [1.29, 1.82) is 0 Å². The van der Waals surface area contributed by atoms with Crippen molar-refractivity contribution in [2.24, 2.45) is 0 Å². The van der Waals surface area contributed by atoms with E-state index in [-0.39, 0.29) is 5.56 Å². The molecule has 2 rings (SSSR count). The zero-order chi connectivity index (χ0) is 15.4. The maximum Gasteiger partial charge on any atom is 0.341 e. The molecule has 7 heteroatoms. The van der Waals surface area contributed by atoms with Crippen molar-refractivity contribution in [2.45, 2.75) is 0 Å². The first kappa shape index (κ1) is 15.1. The molecule has 0 atom stereocenters. The molecule has 0 saturated carbocycles. The molecule has 0 fully saturated rings. The highest BCUT2D eigenvalue weighted by Gasteiger charge is 2.14. The van der Waals surface area contributed by atoms with Gasteiger partial charge in [-0.25, -0.2) is 9.78 Å². The number of hydrogen-bond donors (Lipinski definition) is 2. The Hall–Kier alpha value is -2.28. The van der Waals surface area contributed by atoms with E-state index < -0.39 is 5.97 Å². The Morgan fingerprint density at radius 3 is 2.71 bits per heavy atom. The molecule has 0 spiro atoms. The summed E-state index contributed by atoms with van der Waals surface area (Å²) in [5, 5.41) is 3.05. The van der Waals surface area contributed by atoms with Crippen LogP contribution in [-0.4, -0.2) is 25.2 Å². The van der Waals surface area contributed by atoms with Crippen LogP contribution in [0, 0.1) is 0 Å². The van der Waals surface area contributed by atoms with Gasteiger partial charge in [-0.05, 0) is 18.2 Å². The molecule has 0 aliphatic rings. The Labute approximate surface area is 130 Å². The molecule has 0 bridgehead atoms. The molecule has 0 amide bonds. The highest BCUT2D eigenvalue weighted by atomic mass is 79.9. The number of ether oxygens (including phenoxy) is 2. The van der Waals surface area contributed by atoms with E-state index in [9.17, 15) is 4.79 Å². The number of hydrogen-bond acceptors (Lipinski definition) is 6. The second kappa shape index (κ2) is 6.45. The molecule has 2 aromatic rings. The molecule has 0 saturated heterocycles. The lowest BCUT2D eigenvalue weighted by atomic mass is 10.2. The van der Waals surface area contributed by atoms with E-state index in [4.69, 9.17) is 15.2 Å². The molecular weight excluding hydrogens is 338 g/mol. The number of anilines is 3. The Kier molecular flexibility index (Phi) is 4.64. The minimum Gasteiger partial charge on any atom is -0.497 e. The summed E-state index contributed by atoms with van der Waals surface area (Å²) in [5.74, 6) is 0.511. The number of nitrogens with zero attached hydrogens (tertiary/aromatic N) is 1. The minimum atomic E-state index is -0.515. The predicted molar refractivity (Wildman–Crippen MR) is 84.0 cm³/mol. The SMILES string of the molecule is COC(=O)c1cc(N)cnc1Nc1cc(Br)cc(OC)c1. The monoisotopic (exact) mass is 351 g/mol. The molecule has 1 aromatic heterocycles. The molecular formula is C14H14BrN3O3. The van der Waals surface area contributed by atoms with Crippen molar-refractivity contribution in [3.63, 3.8) is 0 Å². The van der Waals surface area contributed by atoms with Crippen LogP contribution in [0.1, 0.15) is 10.4 Å². The molecule has 21 heavy (non-hydrogen) atoms. The van der Waals surface area contributed by atoms with Crippen LogP contribution in [0.5, 0.6) is 5.75 Å². The molecule has 0 unspecified atom stereocenters. The summed E-state index contributed by atoms with van der Waals surface area (Å²) in [6.45, 7) is 0. The minimum absolute atomic E-state index is 0.261. The Morgan fingerprint density at radius 2 is 2.05 bits per heavy atom. The molecule has 1 heterocycles. The third kappa shape index (κ3) is 3.63. The van der Waals surface area contributed by atoms with Crippen molar-refractivity contribution in [2.75, 3.05) is 25.3 Å². The fourth-order valence-electron chi connectivity index (χ4n) is 1.74. The number of pyridine rings is 1. The zero-order valence-corrected chi connectivity index (χ0v) is 13.1. The van der Waals surface area contributed by atoms with Gasteiger partial charge in [-0.15, -0.1) is 0 Å². The summed E-state index contributed by atoms with van der Waals surface area (Å²) >= 11 is 3.39. The van der Waals surface area contributed by atoms with Crippen LogP contribution in [0.25, 0.3) is 0 Å². The van der Waals surface area contributed by atoms with Gasteiger partial charge >= 0.3 is 5.97 Å². The number of nitrogens with two attached hydrogens (primary N) is 1. The van der Waals surface area contributed by atoms with Gasteiger partial charge in [0.25, 0.3) is 0 Å². The van der Waals surface area contributed by atoms with Gasteiger partial charge in [0.15, 0.2) is 0 Å². The van der Waals surface area contributed by atoms with Gasteiger partial charge < -0.3 is 20.5 Å². The number of methoxy groups -OCH3 is 2. The molecule has 0 radical (unpaired) electrons. The van der Waals surface area contributed by atoms with Crippen molar-refractivity contribution >= 4 is 39.1 Å². The van der Waals surface area contributed by atoms with Crippen LogP contribution in [0.2, 0.25) is 0 Å². The number of benzene rings is 1. The molecule has 1 aromatic carbocycles. The maximum absolute atomic E-state index is 11.8. The highest BCUT2D eigenvalue weighted by Crippen LogP contribution is 2.28. The van der Waals surface area contributed by atoms with Crippen LogP contribution in [-0.2, 0) is 4.74 Å². The number of aromatic nitrogens is 1. The molecule has 0 aliphatic carbocycles. The van der Waals surface area contributed by atoms with Crippen molar-refractivity contribution in [3.8, 4) is 5.75 Å². The molecule has 0 aliphatic heterocycles. The number of carbonyl (C=O) groups excluding carboxylic acids is 1. The third-order valence-electron chi connectivity index (χ3n) is 2.68. The van der Waals surface area contributed by atoms with Crippen molar-refractivity contribution < 1.29 is 14.3 Å². The standard InChI is InChI=1S/C14H14BrN3O3/c1-20-11-4-8(15)3-10(6-11)18-13-12(14(19)21-2)5-9(16)7-17-13/h3-7H,16H2,1-2H3,(H,17,18). The lowest BCUT2D eigenvalue weighted by Crippen LogP contribution is -2.08. The lowest BCUT2D eigenvalue weighted by molar-refractivity contribution is 0.0601. The van der Waals surface area contributed by atoms with Gasteiger partial charge in [-0.2, -0.15) is 0 Å². The van der Waals surface area contributed by atoms with Gasteiger partial charge in [0, 0.05) is 16.2 Å². The number of esters is 1. The molecule has 110 valence electrons. The number of nitrogen functional groups attached to an aromatic ring is 1. The Bertz CT molecular complexity index is 677. The van der Waals surface area contributed by atoms with E-state index in [1.54, 1.807) is 13.2 Å². The normalized spacial score (nSPS) is 10.0. The van der Waals surface area contributed by atoms with Crippen LogP contribution in [0.15, 0.2) is 34.9 Å². The largest absolute Gasteiger partial charge is 0.497 e. The van der Waals surface area contributed by atoms with Crippen molar-refractivity contribution in [3.05, 3.63) is 40.5 Å². The van der Waals surface area contributed by atoms with Gasteiger partial charge in [0.05, 0.1) is 26.1 Å². The first-order valence-corrected chi connectivity index (χ1v) is 6.78. The summed E-state index contributed by atoms with van der Waals surface area (Å²) in [6.07, 6.45) is 1.46. The Balaban J connectivity index is 2.39. The smallest absolute Gasteiger partial charge is 0.341 e. The number of rotatable bonds is 4. The average molecular weight is 352 g/mol. The number of nitrogens with one attached hydrogen (secondary N) is 1. The topological polar surface area (TPSA) is 86.5 Å².